The van der Waals surface area contributed by atoms with Gasteiger partial charge in [-0.05, 0) is 26.9 Å². The molecule has 1 saturated carbocycles. The molecule has 1 aliphatic carbocycles. The monoisotopic (exact) mass is 509 g/mol. The van der Waals surface area contributed by atoms with Gasteiger partial charge in [-0.25, -0.2) is 4.98 Å². The molecule has 2 aliphatic rings. The first-order chi connectivity index (χ1) is 18.0. The number of nitrogens with one attached hydrogen (secondary N) is 3. The minimum atomic E-state index is -0.594. The molecule has 14 heteroatoms. The number of carbonyl (C=O) groups excluding carboxylic acids is 1. The second-order valence-corrected chi connectivity index (χ2v) is 9.34. The van der Waals surface area contributed by atoms with Crippen LogP contribution in [0, 0.1) is 0 Å². The van der Waals surface area contributed by atoms with E-state index in [1.165, 1.54) is 12.4 Å². The van der Waals surface area contributed by atoms with Gasteiger partial charge in [-0.1, -0.05) is 0 Å². The SMILES string of the molecule is CO[C@H]1C[C@@H](C(=O)Nc2cnccn2)N(c2nc(Nc3cc(C4CC4)[nH]n3)nc(OCCN(C)C)n2)C1. The Labute approximate surface area is 214 Å². The standard InChI is InChI=1S/C23H31N11O3/c1-33(2)8-9-37-23-29-21(27-18-11-16(31-32-18)14-4-5-14)28-22(30-23)34-13-15(36-3)10-17(34)20(35)26-19-12-24-6-7-25-19/h6-7,11-12,14-15,17H,4-5,8-10,13H2,1-3H3,(H,25,26,35)(H2,27,28,29,30,31,32)/t15-,17-/m0/s1. The number of carbonyl (C=O) groups is 1. The molecule has 0 radical (unpaired) electrons. The molecule has 1 aliphatic heterocycles. The molecule has 0 unspecified atom stereocenters. The van der Waals surface area contributed by atoms with Gasteiger partial charge in [0.1, 0.15) is 12.6 Å². The Morgan fingerprint density at radius 2 is 2.08 bits per heavy atom. The minimum absolute atomic E-state index is 0.154. The number of anilines is 4. The van der Waals surface area contributed by atoms with E-state index in [2.05, 4.69) is 45.8 Å². The summed E-state index contributed by atoms with van der Waals surface area (Å²) in [5, 5.41) is 13.4. The zero-order chi connectivity index (χ0) is 25.8. The summed E-state index contributed by atoms with van der Waals surface area (Å²) >= 11 is 0. The molecular weight excluding hydrogens is 478 g/mol. The van der Waals surface area contributed by atoms with Gasteiger partial charge in [0.25, 0.3) is 0 Å². The number of aromatic nitrogens is 7. The quantitative estimate of drug-likeness (QED) is 0.339. The molecule has 196 valence electrons. The summed E-state index contributed by atoms with van der Waals surface area (Å²) in [6, 6.07) is 1.52. The fraction of sp³-hybridized carbons (Fsp3) is 0.522. The molecule has 0 aromatic carbocycles. The van der Waals surface area contributed by atoms with E-state index in [0.29, 0.717) is 49.6 Å². The number of amides is 1. The van der Waals surface area contributed by atoms with Gasteiger partial charge in [0.05, 0.1) is 12.3 Å². The molecule has 14 nitrogen and oxygen atoms in total. The van der Waals surface area contributed by atoms with E-state index < -0.39 is 6.04 Å². The minimum Gasteiger partial charge on any atom is -0.462 e. The van der Waals surface area contributed by atoms with Crippen molar-refractivity contribution in [2.45, 2.75) is 37.3 Å². The summed E-state index contributed by atoms with van der Waals surface area (Å²) in [5.41, 5.74) is 1.09. The van der Waals surface area contributed by atoms with Crippen LogP contribution >= 0.6 is 0 Å². The van der Waals surface area contributed by atoms with Crippen LogP contribution < -0.4 is 20.3 Å². The zero-order valence-corrected chi connectivity index (χ0v) is 21.1. The Kier molecular flexibility index (Phi) is 7.37. The molecular formula is C23H31N11O3. The first-order valence-corrected chi connectivity index (χ1v) is 12.2. The fourth-order valence-electron chi connectivity index (χ4n) is 4.04. The van der Waals surface area contributed by atoms with E-state index in [4.69, 9.17) is 9.47 Å². The highest BCUT2D eigenvalue weighted by Crippen LogP contribution is 2.39. The maximum Gasteiger partial charge on any atom is 0.323 e. The lowest BCUT2D eigenvalue weighted by Gasteiger charge is -2.24. The lowest BCUT2D eigenvalue weighted by molar-refractivity contribution is -0.117. The van der Waals surface area contributed by atoms with Crippen LogP contribution in [0.15, 0.2) is 24.7 Å². The summed E-state index contributed by atoms with van der Waals surface area (Å²) in [6.07, 6.45) is 7.15. The van der Waals surface area contributed by atoms with Crippen LogP contribution in [-0.4, -0.2) is 99.0 Å². The third-order valence-electron chi connectivity index (χ3n) is 6.20. The Morgan fingerprint density at radius 3 is 2.81 bits per heavy atom. The van der Waals surface area contributed by atoms with E-state index >= 15 is 0 Å². The fourth-order valence-corrected chi connectivity index (χ4v) is 4.04. The molecule has 3 N–H and O–H groups in total. The van der Waals surface area contributed by atoms with Crippen LogP contribution in [0.2, 0.25) is 0 Å². The molecule has 4 heterocycles. The predicted octanol–water partition coefficient (Wildman–Crippen LogP) is 1.18. The molecule has 3 aromatic rings. The number of nitrogens with zero attached hydrogens (tertiary/aromatic N) is 8. The van der Waals surface area contributed by atoms with Crippen molar-refractivity contribution < 1.29 is 14.3 Å². The van der Waals surface area contributed by atoms with Gasteiger partial charge >= 0.3 is 6.01 Å². The summed E-state index contributed by atoms with van der Waals surface area (Å²) < 4.78 is 11.4. The average molecular weight is 510 g/mol. The molecule has 0 spiro atoms. The van der Waals surface area contributed by atoms with Crippen molar-refractivity contribution in [2.24, 2.45) is 0 Å². The molecule has 2 atom stereocenters. The molecule has 1 amide bonds. The Morgan fingerprint density at radius 1 is 1.22 bits per heavy atom. The molecule has 1 saturated heterocycles. The Balaban J connectivity index is 1.40. The summed E-state index contributed by atoms with van der Waals surface area (Å²) in [5.74, 6) is 1.81. The van der Waals surface area contributed by atoms with Crippen molar-refractivity contribution in [1.29, 1.82) is 0 Å². The zero-order valence-electron chi connectivity index (χ0n) is 21.1. The van der Waals surface area contributed by atoms with E-state index in [-0.39, 0.29) is 24.0 Å². The lowest BCUT2D eigenvalue weighted by atomic mass is 10.2. The van der Waals surface area contributed by atoms with Crippen LogP contribution in [-0.2, 0) is 9.53 Å². The molecule has 5 rings (SSSR count). The smallest absolute Gasteiger partial charge is 0.323 e. The average Bonchev–Trinajstić information content (AvgIpc) is 3.47. The van der Waals surface area contributed by atoms with Crippen LogP contribution in [0.1, 0.15) is 30.9 Å². The van der Waals surface area contributed by atoms with Gasteiger partial charge in [0.2, 0.25) is 17.8 Å². The molecule has 2 fully saturated rings. The first kappa shape index (κ1) is 24.8. The van der Waals surface area contributed by atoms with Crippen molar-refractivity contribution >= 4 is 29.4 Å². The number of hydrogen-bond acceptors (Lipinski definition) is 12. The lowest BCUT2D eigenvalue weighted by Crippen LogP contribution is -2.41. The first-order valence-electron chi connectivity index (χ1n) is 12.2. The third-order valence-corrected chi connectivity index (χ3v) is 6.20. The summed E-state index contributed by atoms with van der Waals surface area (Å²) in [4.78, 5) is 38.8. The second-order valence-electron chi connectivity index (χ2n) is 9.34. The Bertz CT molecular complexity index is 1200. The van der Waals surface area contributed by atoms with Gasteiger partial charge in [0.15, 0.2) is 11.6 Å². The maximum absolute atomic E-state index is 13.2. The highest BCUT2D eigenvalue weighted by Gasteiger charge is 2.39. The van der Waals surface area contributed by atoms with Gasteiger partial charge < -0.3 is 29.9 Å². The third kappa shape index (κ3) is 6.27. The van der Waals surface area contributed by atoms with Gasteiger partial charge in [-0.15, -0.1) is 0 Å². The normalized spacial score (nSPS) is 19.3. The van der Waals surface area contributed by atoms with Crippen LogP contribution in [0.25, 0.3) is 0 Å². The summed E-state index contributed by atoms with van der Waals surface area (Å²) in [7, 11) is 5.54. The highest BCUT2D eigenvalue weighted by molar-refractivity contribution is 5.96. The molecule has 3 aromatic heterocycles. The van der Waals surface area contributed by atoms with Gasteiger partial charge in [-0.3, -0.25) is 14.9 Å². The van der Waals surface area contributed by atoms with Gasteiger partial charge in [0, 0.05) is 56.7 Å². The van der Waals surface area contributed by atoms with Crippen molar-refractivity contribution in [1.82, 2.24) is 40.0 Å². The van der Waals surface area contributed by atoms with Crippen molar-refractivity contribution in [3.05, 3.63) is 30.4 Å². The number of aromatic amines is 1. The van der Waals surface area contributed by atoms with Crippen molar-refractivity contribution in [2.75, 3.05) is 56.4 Å². The van der Waals surface area contributed by atoms with Crippen LogP contribution in [0.3, 0.4) is 0 Å². The largest absolute Gasteiger partial charge is 0.462 e. The number of hydrogen-bond donors (Lipinski definition) is 3. The topological polar surface area (TPSA) is 159 Å². The van der Waals surface area contributed by atoms with Gasteiger partial charge in [-0.2, -0.15) is 20.1 Å². The predicted molar refractivity (Wildman–Crippen MR) is 135 cm³/mol. The van der Waals surface area contributed by atoms with Crippen molar-refractivity contribution in [3.8, 4) is 6.01 Å². The van der Waals surface area contributed by atoms with E-state index in [0.717, 1.165) is 18.5 Å². The molecule has 37 heavy (non-hydrogen) atoms. The van der Waals surface area contributed by atoms with E-state index in [1.807, 2.05) is 25.1 Å². The number of likely N-dealkylation sites (N-methyl/N-ethyl adjacent to an activating group) is 1. The number of ether oxygens (including phenoxy) is 2. The summed E-state index contributed by atoms with van der Waals surface area (Å²) in [6.45, 7) is 1.50. The van der Waals surface area contributed by atoms with Crippen LogP contribution in [0.5, 0.6) is 6.01 Å². The van der Waals surface area contributed by atoms with E-state index in [1.54, 1.807) is 18.2 Å². The van der Waals surface area contributed by atoms with E-state index in [9.17, 15) is 4.79 Å². The van der Waals surface area contributed by atoms with Crippen LogP contribution in [0.4, 0.5) is 23.5 Å². The molecule has 0 bridgehead atoms. The highest BCUT2D eigenvalue weighted by atomic mass is 16.5. The number of methoxy groups -OCH3 is 1. The number of rotatable bonds is 11. The maximum atomic E-state index is 13.2. The second kappa shape index (κ2) is 11.0. The Hall–Kier alpha value is -3.91. The number of H-pyrrole nitrogens is 1. The van der Waals surface area contributed by atoms with Crippen molar-refractivity contribution in [3.63, 3.8) is 0 Å².